The van der Waals surface area contributed by atoms with Gasteiger partial charge < -0.3 is 25.1 Å². The zero-order chi connectivity index (χ0) is 14.8. The summed E-state index contributed by atoms with van der Waals surface area (Å²) in [5.41, 5.74) is 8.40. The van der Waals surface area contributed by atoms with Crippen LogP contribution in [0.15, 0.2) is 36.5 Å². The molecular weight excluding hydrogens is 270 g/mol. The number of aryl methyl sites for hydroxylation is 1. The Morgan fingerprint density at radius 1 is 1.29 bits per heavy atom. The molecule has 0 aliphatic carbocycles. The lowest BCUT2D eigenvalue weighted by atomic mass is 10.2. The minimum absolute atomic E-state index is 0.199. The van der Waals surface area contributed by atoms with Crippen molar-refractivity contribution in [1.82, 2.24) is 4.57 Å². The van der Waals surface area contributed by atoms with Crippen LogP contribution in [0.3, 0.4) is 0 Å². The first-order valence-electron chi connectivity index (χ1n) is 6.70. The molecule has 3 rings (SSSR count). The van der Waals surface area contributed by atoms with Gasteiger partial charge in [0.15, 0.2) is 6.29 Å². The van der Waals surface area contributed by atoms with E-state index in [0.29, 0.717) is 30.3 Å². The molecule has 1 aromatic heterocycles. The third-order valence-electron chi connectivity index (χ3n) is 3.32. The first-order chi connectivity index (χ1) is 10.1. The van der Waals surface area contributed by atoms with Gasteiger partial charge in [0.2, 0.25) is 0 Å². The van der Waals surface area contributed by atoms with Crippen molar-refractivity contribution in [3.63, 3.8) is 0 Å². The number of carbonyl (C=O) groups is 1. The fourth-order valence-corrected chi connectivity index (χ4v) is 2.29. The van der Waals surface area contributed by atoms with E-state index in [1.807, 2.05) is 24.3 Å². The average Bonchev–Trinajstić information content (AvgIpc) is 3.09. The highest BCUT2D eigenvalue weighted by Gasteiger charge is 2.18. The number of nitrogens with one attached hydrogen (secondary N) is 1. The maximum atomic E-state index is 12.2. The summed E-state index contributed by atoms with van der Waals surface area (Å²) in [5, 5.41) is 2.83. The summed E-state index contributed by atoms with van der Waals surface area (Å²) in [4.78, 5) is 12.2. The molecule has 2 heterocycles. The van der Waals surface area contributed by atoms with E-state index in [4.69, 9.17) is 15.2 Å². The quantitative estimate of drug-likeness (QED) is 0.903. The van der Waals surface area contributed by atoms with Gasteiger partial charge in [-0.05, 0) is 18.2 Å². The number of aromatic nitrogens is 1. The molecular formula is C15H17N3O3. The molecule has 0 spiro atoms. The van der Waals surface area contributed by atoms with E-state index in [0.717, 1.165) is 5.56 Å². The van der Waals surface area contributed by atoms with Crippen LogP contribution in [-0.4, -0.2) is 23.7 Å². The summed E-state index contributed by atoms with van der Waals surface area (Å²) in [5.74, 6) is -0.199. The Kier molecular flexibility index (Phi) is 3.64. The molecule has 2 aromatic rings. The Hall–Kier alpha value is -2.31. The molecule has 0 bridgehead atoms. The van der Waals surface area contributed by atoms with Crippen LogP contribution >= 0.6 is 0 Å². The van der Waals surface area contributed by atoms with Gasteiger partial charge in [0.25, 0.3) is 5.91 Å². The normalized spacial score (nSPS) is 15.3. The number of carbonyl (C=O) groups excluding carboxylic acids is 1. The second kappa shape index (κ2) is 5.59. The summed E-state index contributed by atoms with van der Waals surface area (Å²) in [7, 11) is 1.78. The molecule has 1 aliphatic rings. The summed E-state index contributed by atoms with van der Waals surface area (Å²) in [6.07, 6.45) is 1.40. The largest absolute Gasteiger partial charge is 0.397 e. The van der Waals surface area contributed by atoms with Gasteiger partial charge >= 0.3 is 0 Å². The first kappa shape index (κ1) is 13.7. The maximum absolute atomic E-state index is 12.2. The monoisotopic (exact) mass is 287 g/mol. The van der Waals surface area contributed by atoms with Gasteiger partial charge in [-0.3, -0.25) is 4.79 Å². The van der Waals surface area contributed by atoms with Gasteiger partial charge in [0.05, 0.1) is 18.9 Å². The summed E-state index contributed by atoms with van der Waals surface area (Å²) in [6.45, 7) is 1.22. The molecule has 1 fully saturated rings. The first-order valence-corrected chi connectivity index (χ1v) is 6.70. The van der Waals surface area contributed by atoms with Crippen LogP contribution in [0.5, 0.6) is 0 Å². The zero-order valence-corrected chi connectivity index (χ0v) is 11.7. The Morgan fingerprint density at radius 3 is 2.52 bits per heavy atom. The van der Waals surface area contributed by atoms with Crippen LogP contribution in [0.1, 0.15) is 22.3 Å². The number of benzene rings is 1. The molecule has 110 valence electrons. The van der Waals surface area contributed by atoms with E-state index in [-0.39, 0.29) is 12.2 Å². The molecule has 3 N–H and O–H groups in total. The molecule has 6 nitrogen and oxygen atoms in total. The van der Waals surface area contributed by atoms with Gasteiger partial charge in [0, 0.05) is 24.5 Å². The van der Waals surface area contributed by atoms with E-state index in [1.54, 1.807) is 23.9 Å². The summed E-state index contributed by atoms with van der Waals surface area (Å²) in [6, 6.07) is 9.05. The van der Waals surface area contributed by atoms with Gasteiger partial charge in [-0.15, -0.1) is 0 Å². The van der Waals surface area contributed by atoms with E-state index in [1.165, 1.54) is 0 Å². The lowest BCUT2D eigenvalue weighted by Crippen LogP contribution is -2.15. The van der Waals surface area contributed by atoms with E-state index < -0.39 is 0 Å². The topological polar surface area (TPSA) is 78.5 Å². The minimum Gasteiger partial charge on any atom is -0.397 e. The van der Waals surface area contributed by atoms with Crippen LogP contribution in [0, 0.1) is 0 Å². The standard InChI is InChI=1S/C15H17N3O3/c1-18-9-11(16)8-13(18)14(19)17-12-4-2-10(3-5-12)15-20-6-7-21-15/h2-5,8-9,15H,6-7,16H2,1H3,(H,17,19). The van der Waals surface area contributed by atoms with Crippen molar-refractivity contribution in [1.29, 1.82) is 0 Å². The zero-order valence-electron chi connectivity index (χ0n) is 11.7. The van der Waals surface area contributed by atoms with Crippen molar-refractivity contribution in [3.05, 3.63) is 47.8 Å². The number of amides is 1. The summed E-state index contributed by atoms with van der Waals surface area (Å²) >= 11 is 0. The maximum Gasteiger partial charge on any atom is 0.272 e. The molecule has 1 saturated heterocycles. The molecule has 0 saturated carbocycles. The SMILES string of the molecule is Cn1cc(N)cc1C(=O)Nc1ccc(C2OCCO2)cc1. The van der Waals surface area contributed by atoms with Gasteiger partial charge in [0.1, 0.15) is 5.69 Å². The van der Waals surface area contributed by atoms with Crippen LogP contribution < -0.4 is 11.1 Å². The Balaban J connectivity index is 1.70. The van der Waals surface area contributed by atoms with Crippen LogP contribution in [0.4, 0.5) is 11.4 Å². The molecule has 1 aliphatic heterocycles. The van der Waals surface area contributed by atoms with Gasteiger partial charge in [-0.1, -0.05) is 12.1 Å². The molecule has 0 radical (unpaired) electrons. The van der Waals surface area contributed by atoms with Gasteiger partial charge in [-0.25, -0.2) is 0 Å². The second-order valence-corrected chi connectivity index (χ2v) is 4.92. The van der Waals surface area contributed by atoms with Crippen LogP contribution in [0.2, 0.25) is 0 Å². The minimum atomic E-state index is -0.303. The smallest absolute Gasteiger partial charge is 0.272 e. The average molecular weight is 287 g/mol. The molecule has 21 heavy (non-hydrogen) atoms. The number of ether oxygens (including phenoxy) is 2. The highest BCUT2D eigenvalue weighted by atomic mass is 16.7. The number of nitrogen functional groups attached to an aromatic ring is 1. The number of nitrogens with zero attached hydrogens (tertiary/aromatic N) is 1. The van der Waals surface area contributed by atoms with Crippen molar-refractivity contribution in [3.8, 4) is 0 Å². The van der Waals surface area contributed by atoms with Crippen molar-refractivity contribution in [2.24, 2.45) is 7.05 Å². The van der Waals surface area contributed by atoms with E-state index >= 15 is 0 Å². The molecule has 0 atom stereocenters. The predicted molar refractivity (Wildman–Crippen MR) is 78.9 cm³/mol. The predicted octanol–water partition coefficient (Wildman–Crippen LogP) is 1.91. The lowest BCUT2D eigenvalue weighted by Gasteiger charge is -2.10. The van der Waals surface area contributed by atoms with E-state index in [2.05, 4.69) is 5.32 Å². The lowest BCUT2D eigenvalue weighted by molar-refractivity contribution is -0.0441. The van der Waals surface area contributed by atoms with Crippen LogP contribution in [0.25, 0.3) is 0 Å². The van der Waals surface area contributed by atoms with Crippen molar-refractivity contribution < 1.29 is 14.3 Å². The third kappa shape index (κ3) is 2.91. The third-order valence-corrected chi connectivity index (χ3v) is 3.32. The van der Waals surface area contributed by atoms with Crippen molar-refractivity contribution in [2.75, 3.05) is 24.3 Å². The number of rotatable bonds is 3. The Bertz CT molecular complexity index is 643. The number of anilines is 2. The molecule has 6 heteroatoms. The second-order valence-electron chi connectivity index (χ2n) is 4.92. The highest BCUT2D eigenvalue weighted by molar-refractivity contribution is 6.03. The Labute approximate surface area is 122 Å². The molecule has 1 aromatic carbocycles. The number of hydrogen-bond donors (Lipinski definition) is 2. The summed E-state index contributed by atoms with van der Waals surface area (Å²) < 4.78 is 12.5. The fraction of sp³-hybridized carbons (Fsp3) is 0.267. The number of hydrogen-bond acceptors (Lipinski definition) is 4. The van der Waals surface area contributed by atoms with Crippen molar-refractivity contribution in [2.45, 2.75) is 6.29 Å². The van der Waals surface area contributed by atoms with Gasteiger partial charge in [-0.2, -0.15) is 0 Å². The molecule has 1 amide bonds. The highest BCUT2D eigenvalue weighted by Crippen LogP contribution is 2.24. The molecule has 0 unspecified atom stereocenters. The Morgan fingerprint density at radius 2 is 1.95 bits per heavy atom. The number of nitrogens with two attached hydrogens (primary N) is 1. The fourth-order valence-electron chi connectivity index (χ4n) is 2.29. The van der Waals surface area contributed by atoms with Crippen molar-refractivity contribution >= 4 is 17.3 Å². The van der Waals surface area contributed by atoms with Crippen LogP contribution in [-0.2, 0) is 16.5 Å². The van der Waals surface area contributed by atoms with E-state index in [9.17, 15) is 4.79 Å².